The molecule has 1 saturated carbocycles. The SMILES string of the molecule is O=C(c1cccc(OC2CC2)c1)c1cccc(Br)c1Cl. The summed E-state index contributed by atoms with van der Waals surface area (Å²) in [6.07, 6.45) is 2.50. The number of benzene rings is 2. The molecule has 3 rings (SSSR count). The van der Waals surface area contributed by atoms with Gasteiger partial charge in [0.25, 0.3) is 0 Å². The second-order valence-electron chi connectivity index (χ2n) is 4.78. The molecule has 0 N–H and O–H groups in total. The van der Waals surface area contributed by atoms with E-state index in [0.29, 0.717) is 22.3 Å². The molecule has 102 valence electrons. The smallest absolute Gasteiger partial charge is 0.194 e. The fourth-order valence-electron chi connectivity index (χ4n) is 1.92. The molecule has 0 spiro atoms. The van der Waals surface area contributed by atoms with Gasteiger partial charge in [0.1, 0.15) is 5.75 Å². The summed E-state index contributed by atoms with van der Waals surface area (Å²) < 4.78 is 6.43. The number of hydrogen-bond donors (Lipinski definition) is 0. The Morgan fingerprint density at radius 1 is 1.20 bits per heavy atom. The average molecular weight is 352 g/mol. The van der Waals surface area contributed by atoms with Crippen LogP contribution in [0, 0.1) is 0 Å². The van der Waals surface area contributed by atoms with Crippen LogP contribution in [-0.2, 0) is 0 Å². The first-order valence-electron chi connectivity index (χ1n) is 6.40. The molecule has 1 aliphatic rings. The predicted octanol–water partition coefficient (Wildman–Crippen LogP) is 4.87. The zero-order valence-electron chi connectivity index (χ0n) is 10.6. The van der Waals surface area contributed by atoms with E-state index in [1.165, 1.54) is 0 Å². The van der Waals surface area contributed by atoms with E-state index < -0.39 is 0 Å². The molecular weight excluding hydrogens is 340 g/mol. The monoisotopic (exact) mass is 350 g/mol. The molecule has 0 amide bonds. The summed E-state index contributed by atoms with van der Waals surface area (Å²) in [6.45, 7) is 0. The Balaban J connectivity index is 1.91. The van der Waals surface area contributed by atoms with Crippen LogP contribution in [0.4, 0.5) is 0 Å². The summed E-state index contributed by atoms with van der Waals surface area (Å²) in [5.74, 6) is 0.641. The summed E-state index contributed by atoms with van der Waals surface area (Å²) >= 11 is 9.51. The van der Waals surface area contributed by atoms with Crippen LogP contribution < -0.4 is 4.74 Å². The Morgan fingerprint density at radius 2 is 1.95 bits per heavy atom. The maximum atomic E-state index is 12.5. The fourth-order valence-corrected chi connectivity index (χ4v) is 2.50. The van der Waals surface area contributed by atoms with E-state index in [-0.39, 0.29) is 5.78 Å². The molecule has 0 atom stereocenters. The first-order valence-corrected chi connectivity index (χ1v) is 7.57. The highest BCUT2D eigenvalue weighted by atomic mass is 79.9. The van der Waals surface area contributed by atoms with E-state index in [1.807, 2.05) is 18.2 Å². The first-order chi connectivity index (χ1) is 9.65. The van der Waals surface area contributed by atoms with Crippen molar-refractivity contribution in [1.29, 1.82) is 0 Å². The number of rotatable bonds is 4. The standard InChI is InChI=1S/C16H12BrClO2/c17-14-6-2-5-13(15(14)18)16(19)10-3-1-4-12(9-10)20-11-7-8-11/h1-6,9,11H,7-8H2. The zero-order valence-corrected chi connectivity index (χ0v) is 12.9. The largest absolute Gasteiger partial charge is 0.490 e. The van der Waals surface area contributed by atoms with Crippen LogP contribution >= 0.6 is 27.5 Å². The van der Waals surface area contributed by atoms with Crippen LogP contribution in [0.3, 0.4) is 0 Å². The maximum Gasteiger partial charge on any atom is 0.194 e. The quantitative estimate of drug-likeness (QED) is 0.734. The van der Waals surface area contributed by atoms with Crippen LogP contribution in [0.2, 0.25) is 5.02 Å². The molecule has 2 nitrogen and oxygen atoms in total. The summed E-state index contributed by atoms with van der Waals surface area (Å²) in [7, 11) is 0. The van der Waals surface area contributed by atoms with Gasteiger partial charge < -0.3 is 4.74 Å². The first kappa shape index (κ1) is 13.7. The summed E-state index contributed by atoms with van der Waals surface area (Å²) in [5, 5.41) is 0.436. The molecule has 20 heavy (non-hydrogen) atoms. The van der Waals surface area contributed by atoms with Crippen molar-refractivity contribution in [3.8, 4) is 5.75 Å². The molecule has 0 aliphatic heterocycles. The van der Waals surface area contributed by atoms with Gasteiger partial charge in [-0.15, -0.1) is 0 Å². The van der Waals surface area contributed by atoms with Gasteiger partial charge in [-0.1, -0.05) is 29.8 Å². The van der Waals surface area contributed by atoms with Gasteiger partial charge in [-0.05, 0) is 53.0 Å². The van der Waals surface area contributed by atoms with E-state index in [1.54, 1.807) is 24.3 Å². The van der Waals surface area contributed by atoms with Crippen molar-refractivity contribution >= 4 is 33.3 Å². The number of ketones is 1. The Labute approximate surface area is 130 Å². The van der Waals surface area contributed by atoms with Gasteiger partial charge >= 0.3 is 0 Å². The molecule has 0 radical (unpaired) electrons. The molecule has 1 aliphatic carbocycles. The molecule has 0 heterocycles. The molecule has 0 unspecified atom stereocenters. The molecular formula is C16H12BrClO2. The van der Waals surface area contributed by atoms with Gasteiger partial charge in [0, 0.05) is 15.6 Å². The van der Waals surface area contributed by atoms with Crippen molar-refractivity contribution in [3.63, 3.8) is 0 Å². The van der Waals surface area contributed by atoms with E-state index in [4.69, 9.17) is 16.3 Å². The van der Waals surface area contributed by atoms with Crippen molar-refractivity contribution < 1.29 is 9.53 Å². The van der Waals surface area contributed by atoms with Gasteiger partial charge in [0.05, 0.1) is 11.1 Å². The molecule has 1 fully saturated rings. The lowest BCUT2D eigenvalue weighted by molar-refractivity contribution is 0.103. The lowest BCUT2D eigenvalue weighted by atomic mass is 10.0. The second kappa shape index (κ2) is 5.58. The molecule has 0 bridgehead atoms. The average Bonchev–Trinajstić information content (AvgIpc) is 3.25. The third-order valence-electron chi connectivity index (χ3n) is 3.12. The Hall–Kier alpha value is -1.32. The maximum absolute atomic E-state index is 12.5. The lowest BCUT2D eigenvalue weighted by Gasteiger charge is -2.08. The van der Waals surface area contributed by atoms with Gasteiger partial charge in [-0.3, -0.25) is 4.79 Å². The lowest BCUT2D eigenvalue weighted by Crippen LogP contribution is -2.03. The highest BCUT2D eigenvalue weighted by Gasteiger charge is 2.24. The molecule has 4 heteroatoms. The molecule has 2 aromatic carbocycles. The van der Waals surface area contributed by atoms with Crippen molar-refractivity contribution in [2.45, 2.75) is 18.9 Å². The number of ether oxygens (including phenoxy) is 1. The number of carbonyl (C=O) groups excluding carboxylic acids is 1. The Kier molecular flexibility index (Phi) is 3.81. The second-order valence-corrected chi connectivity index (χ2v) is 6.01. The summed E-state index contributed by atoms with van der Waals surface area (Å²) in [6, 6.07) is 12.6. The Morgan fingerprint density at radius 3 is 2.70 bits per heavy atom. The van der Waals surface area contributed by atoms with Crippen LogP contribution in [0.1, 0.15) is 28.8 Å². The summed E-state index contributed by atoms with van der Waals surface area (Å²) in [4.78, 5) is 12.5. The van der Waals surface area contributed by atoms with Crippen LogP contribution in [0.5, 0.6) is 5.75 Å². The van der Waals surface area contributed by atoms with Crippen molar-refractivity contribution in [2.75, 3.05) is 0 Å². The van der Waals surface area contributed by atoms with Crippen LogP contribution in [-0.4, -0.2) is 11.9 Å². The Bertz CT molecular complexity index is 665. The minimum atomic E-state index is -0.0995. The highest BCUT2D eigenvalue weighted by molar-refractivity contribution is 9.10. The molecule has 0 aromatic heterocycles. The van der Waals surface area contributed by atoms with Crippen LogP contribution in [0.25, 0.3) is 0 Å². The van der Waals surface area contributed by atoms with Gasteiger partial charge in [-0.2, -0.15) is 0 Å². The topological polar surface area (TPSA) is 26.3 Å². The van der Waals surface area contributed by atoms with Crippen molar-refractivity contribution in [3.05, 3.63) is 63.1 Å². The van der Waals surface area contributed by atoms with E-state index in [0.717, 1.165) is 23.1 Å². The summed E-state index contributed by atoms with van der Waals surface area (Å²) in [5.41, 5.74) is 1.08. The highest BCUT2D eigenvalue weighted by Crippen LogP contribution is 2.30. The minimum absolute atomic E-state index is 0.0995. The van der Waals surface area contributed by atoms with Gasteiger partial charge in [0.15, 0.2) is 5.78 Å². The third-order valence-corrected chi connectivity index (χ3v) is 4.42. The minimum Gasteiger partial charge on any atom is -0.490 e. The predicted molar refractivity (Wildman–Crippen MR) is 82.7 cm³/mol. The fraction of sp³-hybridized carbons (Fsp3) is 0.188. The van der Waals surface area contributed by atoms with E-state index in [9.17, 15) is 4.79 Å². The number of halogens is 2. The van der Waals surface area contributed by atoms with E-state index in [2.05, 4.69) is 15.9 Å². The van der Waals surface area contributed by atoms with Crippen molar-refractivity contribution in [2.24, 2.45) is 0 Å². The number of carbonyl (C=O) groups is 1. The van der Waals surface area contributed by atoms with Gasteiger partial charge in [-0.25, -0.2) is 0 Å². The number of hydrogen-bond acceptors (Lipinski definition) is 2. The van der Waals surface area contributed by atoms with Crippen LogP contribution in [0.15, 0.2) is 46.9 Å². The normalized spacial score (nSPS) is 14.1. The third kappa shape index (κ3) is 2.89. The van der Waals surface area contributed by atoms with Crippen molar-refractivity contribution in [1.82, 2.24) is 0 Å². The molecule has 0 saturated heterocycles. The molecule has 2 aromatic rings. The van der Waals surface area contributed by atoms with E-state index >= 15 is 0 Å². The zero-order chi connectivity index (χ0) is 14.1. The van der Waals surface area contributed by atoms with Gasteiger partial charge in [0.2, 0.25) is 0 Å².